The number of unbranched alkanes of at least 4 members (excludes halogenated alkanes) is 16. The van der Waals surface area contributed by atoms with Crippen molar-refractivity contribution < 1.29 is 42.1 Å². The molecule has 0 radical (unpaired) electrons. The number of phosphoric ester groups is 1. The van der Waals surface area contributed by atoms with E-state index in [1.807, 2.05) is 21.1 Å². The SMILES string of the molecule is CC/C=C\C/C=C\C/C=C\C/C=C\C/C=C\C/C=C\C/C=C\CCCCCCCCCCCC(=O)OC(COC(=O)CCCCCCCCCC)COP(=O)(O)OCC[N+](C)(C)C. The molecule has 2 unspecified atom stereocenters. The molecule has 0 bridgehead atoms. The van der Waals surface area contributed by atoms with Crippen LogP contribution in [-0.4, -0.2) is 74.9 Å². The van der Waals surface area contributed by atoms with Gasteiger partial charge >= 0.3 is 19.8 Å². The van der Waals surface area contributed by atoms with Crippen molar-refractivity contribution in [2.24, 2.45) is 0 Å². The molecular weight excluding hydrogens is 810 g/mol. The minimum absolute atomic E-state index is 0.0275. The van der Waals surface area contributed by atoms with Gasteiger partial charge in [0.15, 0.2) is 6.10 Å². The highest BCUT2D eigenvalue weighted by Gasteiger charge is 2.27. The van der Waals surface area contributed by atoms with E-state index in [0.29, 0.717) is 17.4 Å². The maximum absolute atomic E-state index is 12.7. The quantitative estimate of drug-likeness (QED) is 0.0212. The van der Waals surface area contributed by atoms with Crippen LogP contribution in [0.5, 0.6) is 0 Å². The van der Waals surface area contributed by atoms with Gasteiger partial charge < -0.3 is 18.9 Å². The normalized spacial score (nSPS) is 14.2. The van der Waals surface area contributed by atoms with Gasteiger partial charge in [-0.25, -0.2) is 4.57 Å². The van der Waals surface area contributed by atoms with Crippen LogP contribution in [0, 0.1) is 0 Å². The molecule has 0 aromatic carbocycles. The van der Waals surface area contributed by atoms with Gasteiger partial charge in [-0.2, -0.15) is 0 Å². The molecule has 0 saturated heterocycles. The summed E-state index contributed by atoms with van der Waals surface area (Å²) in [5, 5.41) is 0. The Bertz CT molecular complexity index is 1340. The van der Waals surface area contributed by atoms with Gasteiger partial charge in [0.25, 0.3) is 0 Å². The molecule has 0 aromatic rings. The van der Waals surface area contributed by atoms with E-state index in [0.717, 1.165) is 89.9 Å². The smallest absolute Gasteiger partial charge is 0.462 e. The Balaban J connectivity index is 4.12. The first kappa shape index (κ1) is 60.2. The Kier molecular flexibility index (Phi) is 42.4. The fraction of sp³-hybridized carbons (Fsp3) is 0.698. The predicted molar refractivity (Wildman–Crippen MR) is 265 cm³/mol. The Morgan fingerprint density at radius 3 is 1.35 bits per heavy atom. The van der Waals surface area contributed by atoms with E-state index in [4.69, 9.17) is 18.5 Å². The van der Waals surface area contributed by atoms with Gasteiger partial charge in [-0.15, -0.1) is 0 Å². The van der Waals surface area contributed by atoms with Crippen LogP contribution < -0.4 is 0 Å². The summed E-state index contributed by atoms with van der Waals surface area (Å²) in [6.07, 6.45) is 58.0. The summed E-state index contributed by atoms with van der Waals surface area (Å²) in [5.41, 5.74) is 0. The lowest BCUT2D eigenvalue weighted by molar-refractivity contribution is -0.870. The highest BCUT2D eigenvalue weighted by molar-refractivity contribution is 7.47. The molecule has 362 valence electrons. The van der Waals surface area contributed by atoms with Crippen molar-refractivity contribution in [3.63, 3.8) is 0 Å². The van der Waals surface area contributed by atoms with Crippen LogP contribution in [0.1, 0.15) is 187 Å². The van der Waals surface area contributed by atoms with Crippen molar-refractivity contribution >= 4 is 19.8 Å². The molecule has 10 heteroatoms. The lowest BCUT2D eigenvalue weighted by Crippen LogP contribution is -2.37. The molecule has 0 aliphatic carbocycles. The average Bonchev–Trinajstić information content (AvgIpc) is 3.24. The van der Waals surface area contributed by atoms with Gasteiger partial charge in [-0.3, -0.25) is 18.6 Å². The number of rotatable bonds is 44. The number of esters is 2. The third-order valence-corrected chi connectivity index (χ3v) is 11.2. The second-order valence-corrected chi connectivity index (χ2v) is 18.9. The fourth-order valence-corrected chi connectivity index (χ4v) is 7.09. The van der Waals surface area contributed by atoms with Crippen LogP contribution in [0.3, 0.4) is 0 Å². The number of phosphoric acid groups is 1. The molecule has 63 heavy (non-hydrogen) atoms. The third kappa shape index (κ3) is 48.5. The van der Waals surface area contributed by atoms with Gasteiger partial charge in [-0.05, 0) is 70.6 Å². The maximum atomic E-state index is 12.7. The number of carbonyl (C=O) groups is 2. The minimum Gasteiger partial charge on any atom is -0.462 e. The summed E-state index contributed by atoms with van der Waals surface area (Å²) < 4.78 is 34.3. The topological polar surface area (TPSA) is 108 Å². The zero-order chi connectivity index (χ0) is 46.4. The van der Waals surface area contributed by atoms with E-state index in [1.54, 1.807) is 0 Å². The molecule has 0 fully saturated rings. The largest absolute Gasteiger partial charge is 0.472 e. The molecule has 0 aromatic heterocycles. The summed E-state index contributed by atoms with van der Waals surface area (Å²) in [6, 6.07) is 0. The van der Waals surface area contributed by atoms with Crippen LogP contribution in [0.15, 0.2) is 85.1 Å². The molecule has 0 spiro atoms. The Morgan fingerprint density at radius 2 is 0.905 bits per heavy atom. The Hall–Kier alpha value is -2.81. The van der Waals surface area contributed by atoms with Gasteiger partial charge in [0.1, 0.15) is 19.8 Å². The summed E-state index contributed by atoms with van der Waals surface area (Å²) in [5.74, 6) is -0.814. The van der Waals surface area contributed by atoms with Gasteiger partial charge in [0, 0.05) is 12.8 Å². The van der Waals surface area contributed by atoms with Gasteiger partial charge in [-0.1, -0.05) is 189 Å². The van der Waals surface area contributed by atoms with Crippen LogP contribution in [0.4, 0.5) is 0 Å². The summed E-state index contributed by atoms with van der Waals surface area (Å²) in [7, 11) is 1.46. The first-order valence-corrected chi connectivity index (χ1v) is 26.3. The summed E-state index contributed by atoms with van der Waals surface area (Å²) >= 11 is 0. The molecule has 0 rings (SSSR count). The van der Waals surface area contributed by atoms with E-state index in [1.165, 1.54) is 64.2 Å². The first-order chi connectivity index (χ1) is 30.5. The Morgan fingerprint density at radius 1 is 0.508 bits per heavy atom. The van der Waals surface area contributed by atoms with E-state index in [-0.39, 0.29) is 32.0 Å². The molecule has 2 atom stereocenters. The number of ether oxygens (including phenoxy) is 2. The van der Waals surface area contributed by atoms with E-state index >= 15 is 0 Å². The fourth-order valence-electron chi connectivity index (χ4n) is 6.35. The zero-order valence-corrected chi connectivity index (χ0v) is 41.7. The second-order valence-electron chi connectivity index (χ2n) is 17.5. The average molecular weight is 903 g/mol. The lowest BCUT2D eigenvalue weighted by atomic mass is 10.1. The van der Waals surface area contributed by atoms with Crippen molar-refractivity contribution in [2.45, 2.75) is 193 Å². The number of allylic oxidation sites excluding steroid dienone is 14. The van der Waals surface area contributed by atoms with Crippen molar-refractivity contribution in [3.8, 4) is 0 Å². The number of quaternary nitrogens is 1. The molecular formula is C53H93NO8P+. The number of likely N-dealkylation sites (N-methyl/N-ethyl adjacent to an activating group) is 1. The lowest BCUT2D eigenvalue weighted by Gasteiger charge is -2.24. The number of hydrogen-bond acceptors (Lipinski definition) is 7. The zero-order valence-electron chi connectivity index (χ0n) is 40.8. The molecule has 0 heterocycles. The number of hydrogen-bond donors (Lipinski definition) is 1. The van der Waals surface area contributed by atoms with Crippen LogP contribution in [0.25, 0.3) is 0 Å². The summed E-state index contributed by atoms with van der Waals surface area (Å²) in [4.78, 5) is 35.3. The molecule has 0 amide bonds. The van der Waals surface area contributed by atoms with Gasteiger partial charge in [0.05, 0.1) is 27.7 Å². The van der Waals surface area contributed by atoms with Crippen molar-refractivity contribution in [1.82, 2.24) is 0 Å². The van der Waals surface area contributed by atoms with Crippen LogP contribution >= 0.6 is 7.82 Å². The maximum Gasteiger partial charge on any atom is 0.472 e. The molecule has 0 saturated carbocycles. The molecule has 9 nitrogen and oxygen atoms in total. The monoisotopic (exact) mass is 903 g/mol. The number of carbonyl (C=O) groups excluding carboxylic acids is 2. The van der Waals surface area contributed by atoms with Crippen LogP contribution in [-0.2, 0) is 32.7 Å². The van der Waals surface area contributed by atoms with Gasteiger partial charge in [0.2, 0.25) is 0 Å². The van der Waals surface area contributed by atoms with E-state index < -0.39 is 26.5 Å². The predicted octanol–water partition coefficient (Wildman–Crippen LogP) is 14.7. The van der Waals surface area contributed by atoms with Crippen LogP contribution in [0.2, 0.25) is 0 Å². The third-order valence-electron chi connectivity index (χ3n) is 10.2. The van der Waals surface area contributed by atoms with Crippen molar-refractivity contribution in [1.29, 1.82) is 0 Å². The highest BCUT2D eigenvalue weighted by atomic mass is 31.2. The van der Waals surface area contributed by atoms with Crippen molar-refractivity contribution in [2.75, 3.05) is 47.5 Å². The molecule has 0 aliphatic heterocycles. The minimum atomic E-state index is -4.38. The molecule has 0 aliphatic rings. The van der Waals surface area contributed by atoms with E-state index in [9.17, 15) is 19.0 Å². The second kappa shape index (κ2) is 44.4. The first-order valence-electron chi connectivity index (χ1n) is 24.8. The standard InChI is InChI=1S/C53H92NO8P/c1-6-8-10-12-14-16-17-18-19-20-21-22-23-24-25-26-27-28-29-30-31-32-33-34-35-36-37-38-40-42-44-46-53(56)62-51(50-61-63(57,58)60-48-47-54(3,4)5)49-59-52(55)45-43-41-39-15-13-11-9-7-2/h8,10,14,16,18-19,21-22,24-25,27-28,30-31,51H,6-7,9,11-13,15,17,20,23,26,29,32-50H2,1-5H3/p+1/b10-8-,16-14-,19-18-,22-21-,25-24-,28-27-,31-30-. The molecule has 1 N–H and O–H groups in total. The summed E-state index contributed by atoms with van der Waals surface area (Å²) in [6.45, 7) is 4.25. The Labute approximate surface area is 386 Å². The highest BCUT2D eigenvalue weighted by Crippen LogP contribution is 2.43. The number of nitrogens with zero attached hydrogens (tertiary/aromatic N) is 1. The van der Waals surface area contributed by atoms with E-state index in [2.05, 4.69) is 98.9 Å². The van der Waals surface area contributed by atoms with Crippen molar-refractivity contribution in [3.05, 3.63) is 85.1 Å².